The van der Waals surface area contributed by atoms with E-state index in [4.69, 9.17) is 14.0 Å². The van der Waals surface area contributed by atoms with Gasteiger partial charge in [-0.15, -0.1) is 11.3 Å². The monoisotopic (exact) mass is 352 g/mol. The minimum atomic E-state index is -0.530. The van der Waals surface area contributed by atoms with Gasteiger partial charge in [0.15, 0.2) is 6.10 Å². The second-order valence-corrected chi connectivity index (χ2v) is 6.90. The van der Waals surface area contributed by atoms with Gasteiger partial charge in [0.2, 0.25) is 11.7 Å². The first-order chi connectivity index (χ1) is 11.6. The minimum Gasteiger partial charge on any atom is -0.464 e. The van der Waals surface area contributed by atoms with Crippen molar-refractivity contribution in [2.45, 2.75) is 46.1 Å². The average Bonchev–Trinajstić information content (AvgIpc) is 3.21. The summed E-state index contributed by atoms with van der Waals surface area (Å²) >= 11 is 1.56. The van der Waals surface area contributed by atoms with Gasteiger partial charge in [-0.3, -0.25) is 0 Å². The van der Waals surface area contributed by atoms with Gasteiger partial charge in [0.05, 0.1) is 11.5 Å². The zero-order chi connectivity index (χ0) is 17.4. The SMILES string of the molecule is CC(C)CCOC(C)C(=O)OCCCc1nc(-c2cccs2)no1. The van der Waals surface area contributed by atoms with Gasteiger partial charge >= 0.3 is 5.97 Å². The Morgan fingerprint density at radius 1 is 1.33 bits per heavy atom. The first kappa shape index (κ1) is 18.6. The molecule has 0 aliphatic heterocycles. The number of thiophene rings is 1. The molecule has 7 heteroatoms. The number of esters is 1. The van der Waals surface area contributed by atoms with E-state index < -0.39 is 6.10 Å². The Kier molecular flexibility index (Phi) is 7.39. The summed E-state index contributed by atoms with van der Waals surface area (Å²) in [5.41, 5.74) is 0. The fraction of sp³-hybridized carbons (Fsp3) is 0.588. The number of aryl methyl sites for hydroxylation is 1. The standard InChI is InChI=1S/C17H24N2O4S/c1-12(2)8-10-21-13(3)17(20)22-9-4-7-15-18-16(19-23-15)14-6-5-11-24-14/h5-6,11-13H,4,7-10H2,1-3H3. The van der Waals surface area contributed by atoms with E-state index in [1.807, 2.05) is 17.5 Å². The maximum absolute atomic E-state index is 11.8. The van der Waals surface area contributed by atoms with E-state index in [0.717, 1.165) is 11.3 Å². The van der Waals surface area contributed by atoms with Crippen molar-refractivity contribution >= 4 is 17.3 Å². The van der Waals surface area contributed by atoms with Crippen LogP contribution in [-0.2, 0) is 20.7 Å². The van der Waals surface area contributed by atoms with Crippen molar-refractivity contribution in [2.75, 3.05) is 13.2 Å². The Balaban J connectivity index is 1.63. The lowest BCUT2D eigenvalue weighted by atomic mass is 10.1. The Morgan fingerprint density at radius 3 is 2.88 bits per heavy atom. The predicted molar refractivity (Wildman–Crippen MR) is 91.8 cm³/mol. The highest BCUT2D eigenvalue weighted by molar-refractivity contribution is 7.13. The third-order valence-electron chi connectivity index (χ3n) is 3.38. The van der Waals surface area contributed by atoms with Gasteiger partial charge in [0.1, 0.15) is 0 Å². The fourth-order valence-corrected chi connectivity index (χ4v) is 2.57. The summed E-state index contributed by atoms with van der Waals surface area (Å²) in [5.74, 6) is 1.38. The molecule has 0 aliphatic carbocycles. The number of rotatable bonds is 10. The van der Waals surface area contributed by atoms with Crippen molar-refractivity contribution in [3.63, 3.8) is 0 Å². The van der Waals surface area contributed by atoms with Crippen molar-refractivity contribution in [3.05, 3.63) is 23.4 Å². The average molecular weight is 352 g/mol. The van der Waals surface area contributed by atoms with Gasteiger partial charge in [-0.05, 0) is 37.1 Å². The molecule has 2 aromatic heterocycles. The largest absolute Gasteiger partial charge is 0.464 e. The number of aromatic nitrogens is 2. The summed E-state index contributed by atoms with van der Waals surface area (Å²) in [4.78, 5) is 17.1. The zero-order valence-corrected chi connectivity index (χ0v) is 15.2. The molecule has 0 saturated heterocycles. The van der Waals surface area contributed by atoms with E-state index in [-0.39, 0.29) is 5.97 Å². The molecule has 0 spiro atoms. The molecule has 132 valence electrons. The van der Waals surface area contributed by atoms with Crippen LogP contribution in [0.1, 0.15) is 39.5 Å². The van der Waals surface area contributed by atoms with Gasteiger partial charge in [-0.1, -0.05) is 25.1 Å². The molecule has 2 aromatic rings. The van der Waals surface area contributed by atoms with Gasteiger partial charge in [-0.25, -0.2) is 4.79 Å². The Hall–Kier alpha value is -1.73. The van der Waals surface area contributed by atoms with Crippen LogP contribution in [0.4, 0.5) is 0 Å². The summed E-state index contributed by atoms with van der Waals surface area (Å²) in [6.45, 7) is 6.84. The molecular weight excluding hydrogens is 328 g/mol. The van der Waals surface area contributed by atoms with Crippen LogP contribution >= 0.6 is 11.3 Å². The summed E-state index contributed by atoms with van der Waals surface area (Å²) in [7, 11) is 0. The molecule has 1 unspecified atom stereocenters. The molecule has 0 amide bonds. The number of carbonyl (C=O) groups excluding carboxylic acids is 1. The molecule has 2 rings (SSSR count). The molecule has 0 saturated carbocycles. The second kappa shape index (κ2) is 9.54. The second-order valence-electron chi connectivity index (χ2n) is 5.96. The maximum Gasteiger partial charge on any atom is 0.334 e. The number of carbonyl (C=O) groups is 1. The van der Waals surface area contributed by atoms with Gasteiger partial charge < -0.3 is 14.0 Å². The molecular formula is C17H24N2O4S. The van der Waals surface area contributed by atoms with Crippen molar-refractivity contribution < 1.29 is 18.8 Å². The quantitative estimate of drug-likeness (QED) is 0.479. The van der Waals surface area contributed by atoms with Gasteiger partial charge in [-0.2, -0.15) is 4.98 Å². The highest BCUT2D eigenvalue weighted by Crippen LogP contribution is 2.21. The van der Waals surface area contributed by atoms with E-state index in [1.165, 1.54) is 0 Å². The van der Waals surface area contributed by atoms with Crippen LogP contribution in [0.3, 0.4) is 0 Å². The van der Waals surface area contributed by atoms with Crippen molar-refractivity contribution in [3.8, 4) is 10.7 Å². The highest BCUT2D eigenvalue weighted by atomic mass is 32.1. The molecule has 1 atom stereocenters. The van der Waals surface area contributed by atoms with Gasteiger partial charge in [0, 0.05) is 13.0 Å². The topological polar surface area (TPSA) is 74.5 Å². The third kappa shape index (κ3) is 6.05. The lowest BCUT2D eigenvalue weighted by molar-refractivity contribution is -0.156. The van der Waals surface area contributed by atoms with Crippen molar-refractivity contribution in [1.29, 1.82) is 0 Å². The van der Waals surface area contributed by atoms with Crippen molar-refractivity contribution in [2.24, 2.45) is 5.92 Å². The molecule has 0 fully saturated rings. The minimum absolute atomic E-state index is 0.313. The van der Waals surface area contributed by atoms with Crippen LogP contribution in [-0.4, -0.2) is 35.4 Å². The molecule has 0 aliphatic rings. The summed E-state index contributed by atoms with van der Waals surface area (Å²) < 4.78 is 15.9. The summed E-state index contributed by atoms with van der Waals surface area (Å²) in [6, 6.07) is 3.89. The Bertz CT molecular complexity index is 610. The van der Waals surface area contributed by atoms with Gasteiger partial charge in [0.25, 0.3) is 0 Å². The first-order valence-electron chi connectivity index (χ1n) is 8.21. The molecule has 0 radical (unpaired) electrons. The molecule has 0 aromatic carbocycles. The van der Waals surface area contributed by atoms with E-state index in [2.05, 4.69) is 24.0 Å². The molecule has 2 heterocycles. The zero-order valence-electron chi connectivity index (χ0n) is 14.4. The van der Waals surface area contributed by atoms with Crippen LogP contribution in [0.25, 0.3) is 10.7 Å². The van der Waals surface area contributed by atoms with E-state index in [0.29, 0.717) is 43.7 Å². The van der Waals surface area contributed by atoms with E-state index in [1.54, 1.807) is 18.3 Å². The number of hydrogen-bond acceptors (Lipinski definition) is 7. The Morgan fingerprint density at radius 2 is 2.17 bits per heavy atom. The summed E-state index contributed by atoms with van der Waals surface area (Å²) in [6.07, 6.45) is 1.61. The lowest BCUT2D eigenvalue weighted by Crippen LogP contribution is -2.24. The predicted octanol–water partition coefficient (Wildman–Crippen LogP) is 3.73. The first-order valence-corrected chi connectivity index (χ1v) is 9.09. The van der Waals surface area contributed by atoms with Crippen LogP contribution in [0, 0.1) is 5.92 Å². The van der Waals surface area contributed by atoms with E-state index >= 15 is 0 Å². The van der Waals surface area contributed by atoms with Crippen LogP contribution < -0.4 is 0 Å². The lowest BCUT2D eigenvalue weighted by Gasteiger charge is -2.13. The Labute approximate surface area is 146 Å². The molecule has 6 nitrogen and oxygen atoms in total. The van der Waals surface area contributed by atoms with Crippen molar-refractivity contribution in [1.82, 2.24) is 10.1 Å². The highest BCUT2D eigenvalue weighted by Gasteiger charge is 2.15. The molecule has 24 heavy (non-hydrogen) atoms. The van der Waals surface area contributed by atoms with Crippen LogP contribution in [0.5, 0.6) is 0 Å². The smallest absolute Gasteiger partial charge is 0.334 e. The number of hydrogen-bond donors (Lipinski definition) is 0. The summed E-state index contributed by atoms with van der Waals surface area (Å²) in [5, 5.41) is 5.91. The number of ether oxygens (including phenoxy) is 2. The molecule has 0 N–H and O–H groups in total. The fourth-order valence-electron chi connectivity index (χ4n) is 1.92. The van der Waals surface area contributed by atoms with Crippen LogP contribution in [0.15, 0.2) is 22.0 Å². The van der Waals surface area contributed by atoms with E-state index in [9.17, 15) is 4.79 Å². The maximum atomic E-state index is 11.8. The van der Waals surface area contributed by atoms with Crippen LogP contribution in [0.2, 0.25) is 0 Å². The number of nitrogens with zero attached hydrogens (tertiary/aromatic N) is 2. The normalized spacial score (nSPS) is 12.5. The molecule has 0 bridgehead atoms. The third-order valence-corrected chi connectivity index (χ3v) is 4.25.